The number of carboxylic acid groups (broad SMARTS) is 1. The van der Waals surface area contributed by atoms with E-state index >= 15 is 0 Å². The highest BCUT2D eigenvalue weighted by molar-refractivity contribution is 5.82. The highest BCUT2D eigenvalue weighted by Gasteiger charge is 2.19. The van der Waals surface area contributed by atoms with Crippen LogP contribution in [0.2, 0.25) is 0 Å². The number of unbranched alkanes of at least 4 members (excludes halogenated alkanes) is 1. The van der Waals surface area contributed by atoms with Gasteiger partial charge in [0.1, 0.15) is 0 Å². The first-order chi connectivity index (χ1) is 12.7. The Bertz CT molecular complexity index is 590. The van der Waals surface area contributed by atoms with Crippen molar-refractivity contribution in [3.8, 4) is 0 Å². The van der Waals surface area contributed by atoms with Gasteiger partial charge < -0.3 is 42.6 Å². The Hall–Kier alpha value is -2.77. The third-order valence-corrected chi connectivity index (χ3v) is 2.97. The molecule has 1 aromatic rings. The molecule has 1 aromatic heterocycles. The predicted octanol–water partition coefficient (Wildman–Crippen LogP) is -2.07. The van der Waals surface area contributed by atoms with Gasteiger partial charge in [-0.25, -0.2) is 9.59 Å². The summed E-state index contributed by atoms with van der Waals surface area (Å²) in [5.41, 5.74) is 15.8. The van der Waals surface area contributed by atoms with Crippen LogP contribution in [0.4, 0.5) is 4.79 Å². The van der Waals surface area contributed by atoms with Gasteiger partial charge in [-0.1, -0.05) is 11.6 Å². The number of carboxylic acids is 1. The number of aliphatic hydroxyl groups excluding tert-OH is 1. The van der Waals surface area contributed by atoms with Crippen LogP contribution in [0.25, 0.3) is 0 Å². The maximum absolute atomic E-state index is 11.5. The van der Waals surface area contributed by atoms with Crippen molar-refractivity contribution in [2.45, 2.75) is 44.8 Å². The smallest absolute Gasteiger partial charge is 0.328 e. The zero-order chi connectivity index (χ0) is 20.8. The average Bonchev–Trinajstić information content (AvgIpc) is 3.06. The van der Waals surface area contributed by atoms with E-state index in [-0.39, 0.29) is 24.4 Å². The summed E-state index contributed by atoms with van der Waals surface area (Å²) < 4.78 is 4.95. The molecular weight excluding hydrogens is 362 g/mol. The number of nitrogens with one attached hydrogen (secondary N) is 2. The zero-order valence-electron chi connectivity index (χ0n) is 15.1. The van der Waals surface area contributed by atoms with Crippen molar-refractivity contribution < 1.29 is 29.1 Å². The summed E-state index contributed by atoms with van der Waals surface area (Å²) >= 11 is 0. The fraction of sp³-hybridized carbons (Fsp3) is 0.643. The van der Waals surface area contributed by atoms with Gasteiger partial charge in [0.05, 0.1) is 19.2 Å². The van der Waals surface area contributed by atoms with Gasteiger partial charge in [0.2, 0.25) is 11.8 Å². The lowest BCUT2D eigenvalue weighted by Gasteiger charge is -2.11. The van der Waals surface area contributed by atoms with Gasteiger partial charge in [-0.05, 0) is 19.4 Å². The normalized spacial score (nSPS) is 12.3. The molecule has 0 spiro atoms. The first-order valence-corrected chi connectivity index (χ1v) is 8.13. The molecule has 1 rings (SSSR count). The standard InChI is InChI=1S/C12H22N6O5.C2H5NO/c13-4-2-1-3-7(14)10-17-9(23-18-10)5-15-12(22)16-8(6-19)11(20)21;1-2(3)4/h7-8,19H,1-6,13-14H2,(H,20,21)(H2,15,16,22);1H3,(H2,3,4). The summed E-state index contributed by atoms with van der Waals surface area (Å²) in [4.78, 5) is 35.4. The molecule has 13 heteroatoms. The molecule has 10 N–H and O–H groups in total. The zero-order valence-corrected chi connectivity index (χ0v) is 15.1. The van der Waals surface area contributed by atoms with Crippen molar-refractivity contribution in [1.82, 2.24) is 20.8 Å². The number of aliphatic carboxylic acids is 1. The van der Waals surface area contributed by atoms with E-state index in [1.807, 2.05) is 0 Å². The van der Waals surface area contributed by atoms with Crippen molar-refractivity contribution in [2.75, 3.05) is 13.2 Å². The fourth-order valence-electron chi connectivity index (χ4n) is 1.68. The molecule has 0 radical (unpaired) electrons. The molecule has 0 bridgehead atoms. The van der Waals surface area contributed by atoms with Crippen molar-refractivity contribution in [3.05, 3.63) is 11.7 Å². The number of amides is 3. The summed E-state index contributed by atoms with van der Waals surface area (Å²) in [5, 5.41) is 25.6. The monoisotopic (exact) mass is 389 g/mol. The van der Waals surface area contributed by atoms with E-state index in [9.17, 15) is 14.4 Å². The number of urea groups is 1. The summed E-state index contributed by atoms with van der Waals surface area (Å²) in [6, 6.07) is -2.54. The molecule has 0 saturated carbocycles. The van der Waals surface area contributed by atoms with Crippen LogP contribution in [0.1, 0.15) is 43.9 Å². The van der Waals surface area contributed by atoms with E-state index in [2.05, 4.69) is 26.5 Å². The number of primary amides is 1. The molecule has 0 aliphatic heterocycles. The summed E-state index contributed by atoms with van der Waals surface area (Å²) in [6.45, 7) is 1.09. The average molecular weight is 389 g/mol. The maximum atomic E-state index is 11.5. The van der Waals surface area contributed by atoms with Crippen LogP contribution in [-0.2, 0) is 16.1 Å². The Balaban J connectivity index is 0.00000153. The van der Waals surface area contributed by atoms with Crippen LogP contribution in [0, 0.1) is 0 Å². The van der Waals surface area contributed by atoms with Crippen LogP contribution in [0.3, 0.4) is 0 Å². The Morgan fingerprint density at radius 3 is 2.44 bits per heavy atom. The second-order valence-electron chi connectivity index (χ2n) is 5.45. The minimum absolute atomic E-state index is 0.0911. The van der Waals surface area contributed by atoms with Gasteiger partial charge in [-0.2, -0.15) is 4.98 Å². The van der Waals surface area contributed by atoms with Crippen LogP contribution in [0.5, 0.6) is 0 Å². The van der Waals surface area contributed by atoms with Gasteiger partial charge in [-0.15, -0.1) is 0 Å². The highest BCUT2D eigenvalue weighted by atomic mass is 16.5. The molecule has 0 aromatic carbocycles. The predicted molar refractivity (Wildman–Crippen MR) is 92.9 cm³/mol. The number of hydrogen-bond acceptors (Lipinski definition) is 9. The first kappa shape index (κ1) is 24.2. The summed E-state index contributed by atoms with van der Waals surface area (Å²) in [7, 11) is 0. The number of hydrogen-bond donors (Lipinski definition) is 7. The van der Waals surface area contributed by atoms with Crippen molar-refractivity contribution in [2.24, 2.45) is 17.2 Å². The Labute approximate surface area is 155 Å². The molecule has 0 fully saturated rings. The molecule has 3 amide bonds. The van der Waals surface area contributed by atoms with Gasteiger partial charge in [0, 0.05) is 6.92 Å². The summed E-state index contributed by atoms with van der Waals surface area (Å²) in [6.07, 6.45) is 2.37. The number of aliphatic hydroxyl groups is 1. The minimum atomic E-state index is -1.38. The van der Waals surface area contributed by atoms with Crippen LogP contribution < -0.4 is 27.8 Å². The van der Waals surface area contributed by atoms with Crippen molar-refractivity contribution in [1.29, 1.82) is 0 Å². The number of carbonyl (C=O) groups excluding carboxylic acids is 2. The molecular formula is C14H27N7O6. The number of nitrogens with zero attached hydrogens (tertiary/aromatic N) is 2. The summed E-state index contributed by atoms with van der Waals surface area (Å²) in [5.74, 6) is -1.20. The van der Waals surface area contributed by atoms with E-state index < -0.39 is 24.6 Å². The Morgan fingerprint density at radius 2 is 1.93 bits per heavy atom. The molecule has 154 valence electrons. The molecule has 2 atom stereocenters. The first-order valence-electron chi connectivity index (χ1n) is 8.13. The van der Waals surface area contributed by atoms with E-state index in [4.69, 9.17) is 26.2 Å². The molecule has 1 heterocycles. The molecule has 0 saturated heterocycles. The number of aromatic nitrogens is 2. The third-order valence-electron chi connectivity index (χ3n) is 2.97. The number of rotatable bonds is 10. The van der Waals surface area contributed by atoms with Gasteiger partial charge in [0.15, 0.2) is 11.9 Å². The topological polar surface area (TPSA) is 233 Å². The third kappa shape index (κ3) is 11.5. The van der Waals surface area contributed by atoms with Crippen molar-refractivity contribution in [3.63, 3.8) is 0 Å². The molecule has 0 aliphatic carbocycles. The lowest BCUT2D eigenvalue weighted by molar-refractivity contribution is -0.140. The lowest BCUT2D eigenvalue weighted by Crippen LogP contribution is -2.47. The Morgan fingerprint density at radius 1 is 1.30 bits per heavy atom. The Kier molecular flexibility index (Phi) is 12.1. The van der Waals surface area contributed by atoms with E-state index in [0.29, 0.717) is 18.8 Å². The van der Waals surface area contributed by atoms with Gasteiger partial charge >= 0.3 is 12.0 Å². The minimum Gasteiger partial charge on any atom is -0.480 e. The number of carbonyl (C=O) groups is 3. The second-order valence-corrected chi connectivity index (χ2v) is 5.45. The molecule has 27 heavy (non-hydrogen) atoms. The highest BCUT2D eigenvalue weighted by Crippen LogP contribution is 2.13. The van der Waals surface area contributed by atoms with E-state index in [1.54, 1.807) is 0 Å². The second kappa shape index (κ2) is 13.4. The van der Waals surface area contributed by atoms with Crippen LogP contribution in [0.15, 0.2) is 4.52 Å². The molecule has 2 unspecified atom stereocenters. The maximum Gasteiger partial charge on any atom is 0.328 e. The largest absolute Gasteiger partial charge is 0.480 e. The number of nitrogens with two attached hydrogens (primary N) is 3. The van der Waals surface area contributed by atoms with Gasteiger partial charge in [0.25, 0.3) is 0 Å². The quantitative estimate of drug-likeness (QED) is 0.216. The van der Waals surface area contributed by atoms with E-state index in [1.165, 1.54) is 6.92 Å². The van der Waals surface area contributed by atoms with Crippen LogP contribution in [-0.4, -0.2) is 57.5 Å². The van der Waals surface area contributed by atoms with Crippen molar-refractivity contribution >= 4 is 17.9 Å². The molecule has 0 aliphatic rings. The van der Waals surface area contributed by atoms with E-state index in [0.717, 1.165) is 12.8 Å². The van der Waals surface area contributed by atoms with Gasteiger partial charge in [-0.3, -0.25) is 4.79 Å². The lowest BCUT2D eigenvalue weighted by atomic mass is 10.1. The SMILES string of the molecule is CC(N)=O.NCCCCC(N)c1noc(CNC(=O)NC(CO)C(=O)O)n1. The van der Waals surface area contributed by atoms with Crippen LogP contribution >= 0.6 is 0 Å². The molecule has 13 nitrogen and oxygen atoms in total. The fourth-order valence-corrected chi connectivity index (χ4v) is 1.68.